The highest BCUT2D eigenvalue weighted by Crippen LogP contribution is 2.24. The molecule has 0 bridgehead atoms. The minimum Gasteiger partial charge on any atom is -0.378 e. The second-order valence-electron chi connectivity index (χ2n) is 3.85. The van der Waals surface area contributed by atoms with Gasteiger partial charge in [-0.25, -0.2) is 4.68 Å². The molecule has 1 aliphatic rings. The number of tetrazole rings is 1. The second kappa shape index (κ2) is 4.67. The molecule has 1 aromatic heterocycles. The lowest BCUT2D eigenvalue weighted by atomic mass is 10.00. The van der Waals surface area contributed by atoms with Crippen molar-refractivity contribution in [3.05, 3.63) is 5.82 Å². The summed E-state index contributed by atoms with van der Waals surface area (Å²) in [4.78, 5) is 0. The van der Waals surface area contributed by atoms with Gasteiger partial charge in [0.05, 0.1) is 19.2 Å². The van der Waals surface area contributed by atoms with Gasteiger partial charge in [0.25, 0.3) is 0 Å². The highest BCUT2D eigenvalue weighted by molar-refractivity contribution is 4.82. The lowest BCUT2D eigenvalue weighted by Gasteiger charge is -2.16. The van der Waals surface area contributed by atoms with Crippen molar-refractivity contribution in [1.82, 2.24) is 20.2 Å². The average molecular weight is 211 g/mol. The number of aromatic nitrogens is 4. The molecular formula is C9H17N5O. The molecule has 1 fully saturated rings. The maximum Gasteiger partial charge on any atom is 0.164 e. The van der Waals surface area contributed by atoms with E-state index in [1.165, 1.54) is 0 Å². The Kier molecular flexibility index (Phi) is 3.27. The number of nitrogens with zero attached hydrogens (tertiary/aromatic N) is 4. The molecule has 0 radical (unpaired) electrons. The van der Waals surface area contributed by atoms with Crippen molar-refractivity contribution in [2.45, 2.75) is 39.0 Å². The molecule has 84 valence electrons. The molecule has 0 amide bonds. The van der Waals surface area contributed by atoms with E-state index >= 15 is 0 Å². The first-order valence-corrected chi connectivity index (χ1v) is 5.41. The fraction of sp³-hybridized carbons (Fsp3) is 0.889. The van der Waals surface area contributed by atoms with Crippen molar-refractivity contribution in [2.24, 2.45) is 11.7 Å². The monoisotopic (exact) mass is 211 g/mol. The van der Waals surface area contributed by atoms with Crippen molar-refractivity contribution in [3.63, 3.8) is 0 Å². The summed E-state index contributed by atoms with van der Waals surface area (Å²) in [5.74, 6) is 1.26. The summed E-state index contributed by atoms with van der Waals surface area (Å²) in [6, 6.07) is 0. The van der Waals surface area contributed by atoms with Crippen LogP contribution in [0.1, 0.15) is 25.6 Å². The molecule has 1 aliphatic heterocycles. The molecule has 0 spiro atoms. The first kappa shape index (κ1) is 10.5. The first-order valence-electron chi connectivity index (χ1n) is 5.41. The highest BCUT2D eigenvalue weighted by atomic mass is 16.5. The number of nitrogens with two attached hydrogens (primary N) is 1. The summed E-state index contributed by atoms with van der Waals surface area (Å²) in [6.45, 7) is 4.20. The van der Waals surface area contributed by atoms with Crippen molar-refractivity contribution < 1.29 is 4.74 Å². The molecule has 2 atom stereocenters. The topological polar surface area (TPSA) is 78.8 Å². The van der Waals surface area contributed by atoms with Gasteiger partial charge in [0.1, 0.15) is 0 Å². The smallest absolute Gasteiger partial charge is 0.164 e. The van der Waals surface area contributed by atoms with Crippen LogP contribution in [0.5, 0.6) is 0 Å². The summed E-state index contributed by atoms with van der Waals surface area (Å²) >= 11 is 0. The van der Waals surface area contributed by atoms with Crippen molar-refractivity contribution in [1.29, 1.82) is 0 Å². The lowest BCUT2D eigenvalue weighted by molar-refractivity contribution is 0.0822. The molecule has 2 N–H and O–H groups in total. The lowest BCUT2D eigenvalue weighted by Crippen LogP contribution is -2.22. The van der Waals surface area contributed by atoms with Gasteiger partial charge < -0.3 is 10.5 Å². The maximum atomic E-state index is 5.62. The Morgan fingerprint density at radius 3 is 3.20 bits per heavy atom. The van der Waals surface area contributed by atoms with Gasteiger partial charge in [0.15, 0.2) is 5.82 Å². The van der Waals surface area contributed by atoms with Crippen LogP contribution in [0.2, 0.25) is 0 Å². The summed E-state index contributed by atoms with van der Waals surface area (Å²) in [5, 5.41) is 11.4. The molecule has 15 heavy (non-hydrogen) atoms. The standard InChI is InChI=1S/C9H17N5O/c1-2-8-7(3-4-15-8)6-14-9(5-10)11-12-13-14/h7-8H,2-6,10H2,1H3. The van der Waals surface area contributed by atoms with Gasteiger partial charge in [0, 0.05) is 12.5 Å². The van der Waals surface area contributed by atoms with E-state index in [9.17, 15) is 0 Å². The molecule has 2 unspecified atom stereocenters. The van der Waals surface area contributed by atoms with Gasteiger partial charge in [-0.2, -0.15) is 0 Å². The highest BCUT2D eigenvalue weighted by Gasteiger charge is 2.27. The van der Waals surface area contributed by atoms with Gasteiger partial charge in [0.2, 0.25) is 0 Å². The zero-order valence-electron chi connectivity index (χ0n) is 8.96. The molecule has 1 saturated heterocycles. The number of ether oxygens (including phenoxy) is 1. The van der Waals surface area contributed by atoms with Crippen molar-refractivity contribution >= 4 is 0 Å². The van der Waals surface area contributed by atoms with Crippen LogP contribution in [0.25, 0.3) is 0 Å². The maximum absolute atomic E-state index is 5.62. The Hall–Kier alpha value is -1.01. The van der Waals surface area contributed by atoms with Crippen LogP contribution in [-0.2, 0) is 17.8 Å². The van der Waals surface area contributed by atoms with E-state index in [4.69, 9.17) is 10.5 Å². The predicted octanol–water partition coefficient (Wildman–Crippen LogP) is -0.0531. The number of rotatable bonds is 4. The summed E-state index contributed by atoms with van der Waals surface area (Å²) < 4.78 is 7.42. The quantitative estimate of drug-likeness (QED) is 0.755. The van der Waals surface area contributed by atoms with Crippen LogP contribution in [0.3, 0.4) is 0 Å². The number of hydrogen-bond acceptors (Lipinski definition) is 5. The van der Waals surface area contributed by atoms with E-state index in [1.54, 1.807) is 4.68 Å². The summed E-state index contributed by atoms with van der Waals surface area (Å²) in [5.41, 5.74) is 5.54. The Labute approximate surface area is 88.8 Å². The van der Waals surface area contributed by atoms with Gasteiger partial charge >= 0.3 is 0 Å². The zero-order valence-corrected chi connectivity index (χ0v) is 8.96. The van der Waals surface area contributed by atoms with Crippen LogP contribution in [0, 0.1) is 5.92 Å². The third-order valence-electron chi connectivity index (χ3n) is 2.94. The van der Waals surface area contributed by atoms with Gasteiger partial charge in [-0.05, 0) is 23.3 Å². The Bertz CT molecular complexity index is 313. The largest absolute Gasteiger partial charge is 0.378 e. The van der Waals surface area contributed by atoms with Crippen molar-refractivity contribution in [3.8, 4) is 0 Å². The molecule has 2 heterocycles. The first-order chi connectivity index (χ1) is 7.35. The van der Waals surface area contributed by atoms with E-state index < -0.39 is 0 Å². The molecule has 6 heteroatoms. The minimum atomic E-state index is 0.347. The summed E-state index contributed by atoms with van der Waals surface area (Å²) in [6.07, 6.45) is 2.48. The van der Waals surface area contributed by atoms with Crippen LogP contribution >= 0.6 is 0 Å². The molecule has 0 aromatic carbocycles. The third kappa shape index (κ3) is 2.15. The third-order valence-corrected chi connectivity index (χ3v) is 2.94. The Morgan fingerprint density at radius 1 is 1.60 bits per heavy atom. The van der Waals surface area contributed by atoms with Crippen molar-refractivity contribution in [2.75, 3.05) is 6.61 Å². The van der Waals surface area contributed by atoms with E-state index in [-0.39, 0.29) is 0 Å². The Balaban J connectivity index is 2.01. The molecule has 2 rings (SSSR count). The van der Waals surface area contributed by atoms with E-state index in [1.807, 2.05) is 0 Å². The Morgan fingerprint density at radius 2 is 2.47 bits per heavy atom. The van der Waals surface area contributed by atoms with E-state index in [0.29, 0.717) is 18.6 Å². The zero-order chi connectivity index (χ0) is 10.7. The average Bonchev–Trinajstić information content (AvgIpc) is 2.87. The fourth-order valence-corrected chi connectivity index (χ4v) is 2.09. The summed E-state index contributed by atoms with van der Waals surface area (Å²) in [7, 11) is 0. The molecule has 0 saturated carbocycles. The normalized spacial score (nSPS) is 26.0. The van der Waals surface area contributed by atoms with Gasteiger partial charge in [-0.3, -0.25) is 0 Å². The molecule has 0 aliphatic carbocycles. The van der Waals surface area contributed by atoms with E-state index in [0.717, 1.165) is 31.8 Å². The minimum absolute atomic E-state index is 0.347. The number of hydrogen-bond donors (Lipinski definition) is 1. The predicted molar refractivity (Wildman–Crippen MR) is 53.8 cm³/mol. The molecular weight excluding hydrogens is 194 g/mol. The SMILES string of the molecule is CCC1OCCC1Cn1nnnc1CN. The van der Waals surface area contributed by atoms with Crippen LogP contribution in [0.4, 0.5) is 0 Å². The van der Waals surface area contributed by atoms with Gasteiger partial charge in [-0.15, -0.1) is 5.10 Å². The van der Waals surface area contributed by atoms with E-state index in [2.05, 4.69) is 22.4 Å². The van der Waals surface area contributed by atoms with Crippen LogP contribution in [-0.4, -0.2) is 32.9 Å². The second-order valence-corrected chi connectivity index (χ2v) is 3.85. The molecule has 6 nitrogen and oxygen atoms in total. The van der Waals surface area contributed by atoms with Crippen LogP contribution in [0.15, 0.2) is 0 Å². The van der Waals surface area contributed by atoms with Gasteiger partial charge in [-0.1, -0.05) is 6.92 Å². The molecule has 1 aromatic rings. The fourth-order valence-electron chi connectivity index (χ4n) is 2.09. The van der Waals surface area contributed by atoms with Crippen LogP contribution < -0.4 is 5.73 Å².